The molecule has 1 aromatic heterocycles. The van der Waals surface area contributed by atoms with Gasteiger partial charge in [0.2, 0.25) is 0 Å². The number of hydrogen-bond acceptors (Lipinski definition) is 2. The Kier molecular flexibility index (Phi) is 1.40. The third kappa shape index (κ3) is 0.909. The Morgan fingerprint density at radius 2 is 2.25 bits per heavy atom. The van der Waals surface area contributed by atoms with Gasteiger partial charge in [-0.05, 0) is 6.07 Å². The minimum Gasteiger partial charge on any atom is -0.373 e. The highest BCUT2D eigenvalue weighted by Gasteiger charge is 2.32. The Morgan fingerprint density at radius 1 is 1.50 bits per heavy atom. The summed E-state index contributed by atoms with van der Waals surface area (Å²) in [7, 11) is 2.13. The van der Waals surface area contributed by atoms with Crippen LogP contribution in [0.25, 0.3) is 0 Å². The molecule has 2 nitrogen and oxygen atoms in total. The first-order valence-electron chi connectivity index (χ1n) is 4.27. The van der Waals surface area contributed by atoms with Crippen LogP contribution in [0, 0.1) is 0 Å². The molecule has 0 N–H and O–H groups in total. The molecule has 0 amide bonds. The Balaban J connectivity index is 2.58. The summed E-state index contributed by atoms with van der Waals surface area (Å²) < 4.78 is 0. The lowest BCUT2D eigenvalue weighted by Gasteiger charge is -2.17. The van der Waals surface area contributed by atoms with Crippen molar-refractivity contribution in [1.82, 2.24) is 4.98 Å². The second-order valence-electron chi connectivity index (χ2n) is 4.13. The normalized spacial score (nSPS) is 19.4. The third-order valence-corrected chi connectivity index (χ3v) is 2.57. The number of hydrogen-bond donors (Lipinski definition) is 0. The van der Waals surface area contributed by atoms with Gasteiger partial charge in [0.05, 0.1) is 0 Å². The van der Waals surface area contributed by atoms with Crippen LogP contribution < -0.4 is 4.90 Å². The molecule has 0 fully saturated rings. The minimum atomic E-state index is 0.262. The summed E-state index contributed by atoms with van der Waals surface area (Å²) >= 11 is 0. The zero-order valence-corrected chi connectivity index (χ0v) is 7.83. The minimum absolute atomic E-state index is 0.262. The largest absolute Gasteiger partial charge is 0.373 e. The molecule has 0 bridgehead atoms. The average Bonchev–Trinajstić information content (AvgIpc) is 2.25. The molecule has 2 rings (SSSR count). The van der Waals surface area contributed by atoms with E-state index in [1.54, 1.807) is 0 Å². The van der Waals surface area contributed by atoms with Crippen LogP contribution in [-0.4, -0.2) is 18.6 Å². The van der Waals surface area contributed by atoms with Crippen LogP contribution in [0.5, 0.6) is 0 Å². The fourth-order valence-corrected chi connectivity index (χ4v) is 2.00. The van der Waals surface area contributed by atoms with E-state index in [0.717, 1.165) is 6.54 Å². The lowest BCUT2D eigenvalue weighted by atomic mass is 9.88. The van der Waals surface area contributed by atoms with E-state index in [9.17, 15) is 0 Å². The number of pyridine rings is 1. The van der Waals surface area contributed by atoms with E-state index in [-0.39, 0.29) is 5.41 Å². The fraction of sp³-hybridized carbons (Fsp3) is 0.500. The quantitative estimate of drug-likeness (QED) is 0.578. The van der Waals surface area contributed by atoms with Gasteiger partial charge < -0.3 is 4.90 Å². The number of aromatic nitrogens is 1. The second kappa shape index (κ2) is 2.22. The van der Waals surface area contributed by atoms with Crippen molar-refractivity contribution < 1.29 is 0 Å². The van der Waals surface area contributed by atoms with Gasteiger partial charge in [-0.15, -0.1) is 0 Å². The first kappa shape index (κ1) is 7.59. The summed E-state index contributed by atoms with van der Waals surface area (Å²) in [4.78, 5) is 6.45. The molecule has 64 valence electrons. The topological polar surface area (TPSA) is 16.1 Å². The molecule has 0 saturated heterocycles. The highest BCUT2D eigenvalue weighted by molar-refractivity contribution is 5.60. The van der Waals surface area contributed by atoms with Gasteiger partial charge in [-0.1, -0.05) is 13.8 Å². The summed E-state index contributed by atoms with van der Waals surface area (Å²) in [6.45, 7) is 5.61. The number of fused-ring (bicyclic) bond motifs is 1. The average molecular weight is 162 g/mol. The van der Waals surface area contributed by atoms with Crippen molar-refractivity contribution in [2.45, 2.75) is 19.3 Å². The van der Waals surface area contributed by atoms with E-state index in [1.165, 1.54) is 11.3 Å². The van der Waals surface area contributed by atoms with Crippen LogP contribution in [0.1, 0.15) is 19.4 Å². The molecule has 0 spiro atoms. The zero-order valence-electron chi connectivity index (χ0n) is 7.83. The van der Waals surface area contributed by atoms with Gasteiger partial charge in [0.15, 0.2) is 0 Å². The van der Waals surface area contributed by atoms with Crippen LogP contribution >= 0.6 is 0 Å². The molecular formula is C10H14N2. The fourth-order valence-electron chi connectivity index (χ4n) is 2.00. The predicted molar refractivity (Wildman–Crippen MR) is 50.5 cm³/mol. The van der Waals surface area contributed by atoms with Gasteiger partial charge in [0.25, 0.3) is 0 Å². The molecule has 0 aliphatic carbocycles. The molecule has 1 aromatic rings. The van der Waals surface area contributed by atoms with Gasteiger partial charge in [-0.2, -0.15) is 0 Å². The lowest BCUT2D eigenvalue weighted by molar-refractivity contribution is 0.561. The number of nitrogens with zero attached hydrogens (tertiary/aromatic N) is 2. The van der Waals surface area contributed by atoms with Gasteiger partial charge in [0, 0.05) is 42.7 Å². The Hall–Kier alpha value is -1.05. The monoisotopic (exact) mass is 162 g/mol. The summed E-state index contributed by atoms with van der Waals surface area (Å²) in [6.07, 6.45) is 3.84. The molecule has 1 aliphatic rings. The van der Waals surface area contributed by atoms with E-state index in [1.807, 2.05) is 12.4 Å². The molecule has 12 heavy (non-hydrogen) atoms. The number of rotatable bonds is 0. The molecule has 0 saturated carbocycles. The summed E-state index contributed by atoms with van der Waals surface area (Å²) in [5.41, 5.74) is 2.96. The first-order chi connectivity index (χ1) is 5.61. The van der Waals surface area contributed by atoms with Crippen LogP contribution in [0.15, 0.2) is 18.5 Å². The van der Waals surface area contributed by atoms with Crippen molar-refractivity contribution in [2.24, 2.45) is 0 Å². The standard InChI is InChI=1S/C10H14N2/c1-10(2)7-12(3)9-4-5-11-6-8(9)10/h4-6H,7H2,1-3H3. The summed E-state index contributed by atoms with van der Waals surface area (Å²) in [5, 5.41) is 0. The summed E-state index contributed by atoms with van der Waals surface area (Å²) in [5.74, 6) is 0. The predicted octanol–water partition coefficient (Wildman–Crippen LogP) is 1.81. The second-order valence-corrected chi connectivity index (χ2v) is 4.13. The first-order valence-corrected chi connectivity index (χ1v) is 4.27. The van der Waals surface area contributed by atoms with Crippen LogP contribution in [0.2, 0.25) is 0 Å². The van der Waals surface area contributed by atoms with Crippen LogP contribution in [0.4, 0.5) is 5.69 Å². The van der Waals surface area contributed by atoms with Gasteiger partial charge >= 0.3 is 0 Å². The highest BCUT2D eigenvalue weighted by atomic mass is 15.1. The molecule has 1 aliphatic heterocycles. The Labute approximate surface area is 73.2 Å². The van der Waals surface area contributed by atoms with Crippen molar-refractivity contribution in [3.63, 3.8) is 0 Å². The smallest absolute Gasteiger partial charge is 0.0433 e. The number of likely N-dealkylation sites (N-methyl/N-ethyl adjacent to an activating group) is 1. The van der Waals surface area contributed by atoms with Crippen molar-refractivity contribution in [3.8, 4) is 0 Å². The van der Waals surface area contributed by atoms with E-state index in [0.29, 0.717) is 0 Å². The van der Waals surface area contributed by atoms with Gasteiger partial charge in [-0.3, -0.25) is 4.98 Å². The van der Waals surface area contributed by atoms with Crippen molar-refractivity contribution >= 4 is 5.69 Å². The van der Waals surface area contributed by atoms with Crippen molar-refractivity contribution in [1.29, 1.82) is 0 Å². The lowest BCUT2D eigenvalue weighted by Crippen LogP contribution is -2.24. The molecule has 0 unspecified atom stereocenters. The Bertz CT molecular complexity index is 304. The third-order valence-electron chi connectivity index (χ3n) is 2.57. The summed E-state index contributed by atoms with van der Waals surface area (Å²) in [6, 6.07) is 2.09. The maximum atomic E-state index is 4.16. The Morgan fingerprint density at radius 3 is 2.92 bits per heavy atom. The van der Waals surface area contributed by atoms with Crippen molar-refractivity contribution in [2.75, 3.05) is 18.5 Å². The molecule has 2 heteroatoms. The van der Waals surface area contributed by atoms with E-state index >= 15 is 0 Å². The zero-order chi connectivity index (χ0) is 8.77. The maximum Gasteiger partial charge on any atom is 0.0433 e. The molecule has 0 aromatic carbocycles. The SMILES string of the molecule is CN1CC(C)(C)c2cnccc21. The van der Waals surface area contributed by atoms with Crippen molar-refractivity contribution in [3.05, 3.63) is 24.0 Å². The van der Waals surface area contributed by atoms with Crippen LogP contribution in [-0.2, 0) is 5.41 Å². The molecular weight excluding hydrogens is 148 g/mol. The van der Waals surface area contributed by atoms with E-state index in [4.69, 9.17) is 0 Å². The van der Waals surface area contributed by atoms with E-state index < -0.39 is 0 Å². The molecule has 2 heterocycles. The van der Waals surface area contributed by atoms with Gasteiger partial charge in [-0.25, -0.2) is 0 Å². The molecule has 0 radical (unpaired) electrons. The maximum absolute atomic E-state index is 4.16. The van der Waals surface area contributed by atoms with Gasteiger partial charge in [0.1, 0.15) is 0 Å². The van der Waals surface area contributed by atoms with E-state index in [2.05, 4.69) is 36.8 Å². The molecule has 0 atom stereocenters. The number of anilines is 1. The highest BCUT2D eigenvalue weighted by Crippen LogP contribution is 2.38. The van der Waals surface area contributed by atoms with Crippen LogP contribution in [0.3, 0.4) is 0 Å².